The molecular weight excluding hydrogens is 206 g/mol. The highest BCUT2D eigenvalue weighted by Crippen LogP contribution is 2.26. The minimum Gasteiger partial charge on any atom is -0.483 e. The molecule has 0 bridgehead atoms. The molecule has 10 heavy (non-hydrogen) atoms. The van der Waals surface area contributed by atoms with Crippen molar-refractivity contribution in [3.8, 4) is 0 Å². The van der Waals surface area contributed by atoms with Gasteiger partial charge in [-0.2, -0.15) is 0 Å². The van der Waals surface area contributed by atoms with Crippen LogP contribution in [0.15, 0.2) is 0 Å². The summed E-state index contributed by atoms with van der Waals surface area (Å²) in [4.78, 5) is 23.6. The summed E-state index contributed by atoms with van der Waals surface area (Å²) in [5, 5.41) is 6.89. The van der Waals surface area contributed by atoms with Gasteiger partial charge in [0.05, 0.1) is 0 Å². The maximum Gasteiger partial charge on any atom is 0.322 e. The normalized spacial score (nSPS) is 7.10. The van der Waals surface area contributed by atoms with Gasteiger partial charge in [0.25, 0.3) is 6.47 Å². The molecule has 3 N–H and O–H groups in total. The first kappa shape index (κ1) is 22.5. The minimum absolute atomic E-state index is 0. The summed E-state index contributed by atoms with van der Waals surface area (Å²) in [5.41, 5.74) is 0. The fourth-order valence-electron chi connectivity index (χ4n) is 0. The summed E-state index contributed by atoms with van der Waals surface area (Å²) in [6.07, 6.45) is 0. The van der Waals surface area contributed by atoms with Crippen molar-refractivity contribution in [3.05, 3.63) is 0 Å². The van der Waals surface area contributed by atoms with E-state index in [9.17, 15) is 4.57 Å². The molecule has 0 unspecified atom stereocenters. The van der Waals surface area contributed by atoms with Crippen LogP contribution in [0.3, 0.4) is 0 Å². The Balaban J connectivity index is -0.0000000326. The molecule has 5 nitrogen and oxygen atoms in total. The van der Waals surface area contributed by atoms with Crippen molar-refractivity contribution >= 4 is 38.9 Å². The highest BCUT2D eigenvalue weighted by molar-refractivity contribution is 7.50. The van der Waals surface area contributed by atoms with E-state index in [-0.39, 0.29) is 31.3 Å². The molecular formula is C2H9Cl2O5P. The Hall–Kier alpha value is 0.200. The van der Waals surface area contributed by atoms with E-state index >= 15 is 0 Å². The zero-order valence-electron chi connectivity index (χ0n) is 5.00. The van der Waals surface area contributed by atoms with Crippen LogP contribution in [-0.4, -0.2) is 28.0 Å². The van der Waals surface area contributed by atoms with Gasteiger partial charge in [-0.05, 0) is 0 Å². The largest absolute Gasteiger partial charge is 0.483 e. The maximum atomic E-state index is 9.33. The predicted molar refractivity (Wildman–Crippen MR) is 41.2 cm³/mol. The summed E-state index contributed by atoms with van der Waals surface area (Å²) in [7, 11) is -3.64. The Bertz CT molecular complexity index is 91.6. The molecule has 0 aliphatic carbocycles. The summed E-state index contributed by atoms with van der Waals surface area (Å²) in [6.45, 7) is 0.604. The van der Waals surface area contributed by atoms with Crippen LogP contribution in [-0.2, 0) is 9.36 Å². The lowest BCUT2D eigenvalue weighted by molar-refractivity contribution is -0.122. The molecule has 0 saturated heterocycles. The molecule has 0 fully saturated rings. The number of rotatable bonds is 0. The third-order valence-electron chi connectivity index (χ3n) is 0. The van der Waals surface area contributed by atoms with Gasteiger partial charge in [0.15, 0.2) is 0 Å². The number of hydrogen-bond donors (Lipinski definition) is 3. The molecule has 0 aliphatic rings. The second kappa shape index (κ2) is 11.9. The van der Waals surface area contributed by atoms with Crippen LogP contribution in [0.1, 0.15) is 0 Å². The lowest BCUT2D eigenvalue weighted by Gasteiger charge is -1.84. The zero-order valence-corrected chi connectivity index (χ0v) is 7.53. The Kier molecular flexibility index (Phi) is 26.8. The SMILES string of the molecule is CP(=O)(O)O.Cl.Cl.O=CO. The molecule has 0 spiro atoms. The molecule has 66 valence electrons. The van der Waals surface area contributed by atoms with E-state index in [4.69, 9.17) is 19.7 Å². The van der Waals surface area contributed by atoms with E-state index in [1.54, 1.807) is 0 Å². The fraction of sp³-hybridized carbons (Fsp3) is 0.500. The molecule has 0 aromatic carbocycles. The van der Waals surface area contributed by atoms with Crippen LogP contribution in [0.4, 0.5) is 0 Å². The van der Waals surface area contributed by atoms with Crippen molar-refractivity contribution in [2.75, 3.05) is 6.66 Å². The molecule has 0 aromatic heterocycles. The topological polar surface area (TPSA) is 94.8 Å². The summed E-state index contributed by atoms with van der Waals surface area (Å²) in [6, 6.07) is 0. The van der Waals surface area contributed by atoms with Crippen LogP contribution in [0.2, 0.25) is 0 Å². The van der Waals surface area contributed by atoms with Gasteiger partial charge in [0, 0.05) is 6.66 Å². The number of carbonyl (C=O) groups is 1. The lowest BCUT2D eigenvalue weighted by Crippen LogP contribution is -1.64. The molecule has 0 aromatic rings. The monoisotopic (exact) mass is 214 g/mol. The van der Waals surface area contributed by atoms with Gasteiger partial charge in [0.2, 0.25) is 0 Å². The van der Waals surface area contributed by atoms with Crippen LogP contribution in [0.5, 0.6) is 0 Å². The van der Waals surface area contributed by atoms with E-state index in [1.807, 2.05) is 0 Å². The summed E-state index contributed by atoms with van der Waals surface area (Å²) >= 11 is 0. The number of hydrogen-bond acceptors (Lipinski definition) is 2. The standard InChI is InChI=1S/CH5O3P.CH2O2.2ClH/c1-5(2,3)4;2-1-3;;/h1H3,(H2,2,3,4);1H,(H,2,3);2*1H. The van der Waals surface area contributed by atoms with Gasteiger partial charge in [0.1, 0.15) is 0 Å². The lowest BCUT2D eigenvalue weighted by atomic mass is 11.7. The molecule has 0 saturated carbocycles. The van der Waals surface area contributed by atoms with E-state index < -0.39 is 7.60 Å². The second-order valence-electron chi connectivity index (χ2n) is 0.941. The molecule has 8 heteroatoms. The Morgan fingerprint density at radius 3 is 1.30 bits per heavy atom. The Morgan fingerprint density at radius 1 is 1.30 bits per heavy atom. The number of carboxylic acid groups (broad SMARTS) is 1. The van der Waals surface area contributed by atoms with Crippen molar-refractivity contribution in [2.24, 2.45) is 0 Å². The van der Waals surface area contributed by atoms with Crippen LogP contribution in [0.25, 0.3) is 0 Å². The molecule has 0 atom stereocenters. The first-order valence-electron chi connectivity index (χ1n) is 1.52. The van der Waals surface area contributed by atoms with Crippen LogP contribution >= 0.6 is 32.4 Å². The first-order chi connectivity index (χ1) is 3.41. The van der Waals surface area contributed by atoms with Crippen LogP contribution in [0, 0.1) is 0 Å². The average Bonchev–Trinajstić information content (AvgIpc) is 1.27. The van der Waals surface area contributed by atoms with Crippen molar-refractivity contribution < 1.29 is 24.3 Å². The highest BCUT2D eigenvalue weighted by Gasteiger charge is 1.95. The number of halogens is 2. The third kappa shape index (κ3) is 10600. The van der Waals surface area contributed by atoms with Crippen molar-refractivity contribution in [2.45, 2.75) is 0 Å². The van der Waals surface area contributed by atoms with Crippen molar-refractivity contribution in [1.29, 1.82) is 0 Å². The predicted octanol–water partition coefficient (Wildman–Crippen LogP) is 0.338. The molecule has 0 rings (SSSR count). The zero-order chi connectivity index (χ0) is 7.21. The quantitative estimate of drug-likeness (QED) is 0.400. The van der Waals surface area contributed by atoms with Gasteiger partial charge in [-0.1, -0.05) is 0 Å². The Labute approximate surface area is 70.4 Å². The summed E-state index contributed by atoms with van der Waals surface area (Å²) in [5.74, 6) is 0. The summed E-state index contributed by atoms with van der Waals surface area (Å²) < 4.78 is 9.33. The molecule has 0 heterocycles. The fourth-order valence-corrected chi connectivity index (χ4v) is 0. The molecule has 0 radical (unpaired) electrons. The van der Waals surface area contributed by atoms with Gasteiger partial charge >= 0.3 is 7.60 Å². The maximum absolute atomic E-state index is 9.33. The van der Waals surface area contributed by atoms with Gasteiger partial charge in [-0.15, -0.1) is 24.8 Å². The van der Waals surface area contributed by atoms with E-state index in [0.717, 1.165) is 6.66 Å². The van der Waals surface area contributed by atoms with Crippen LogP contribution < -0.4 is 0 Å². The van der Waals surface area contributed by atoms with Crippen molar-refractivity contribution in [1.82, 2.24) is 0 Å². The average molecular weight is 215 g/mol. The van der Waals surface area contributed by atoms with Gasteiger partial charge < -0.3 is 14.9 Å². The van der Waals surface area contributed by atoms with E-state index in [2.05, 4.69) is 0 Å². The minimum atomic E-state index is -3.64. The molecule has 0 amide bonds. The van der Waals surface area contributed by atoms with Gasteiger partial charge in [-0.25, -0.2) is 0 Å². The van der Waals surface area contributed by atoms with E-state index in [0.29, 0.717) is 0 Å². The van der Waals surface area contributed by atoms with Gasteiger partial charge in [-0.3, -0.25) is 9.36 Å². The van der Waals surface area contributed by atoms with Crippen molar-refractivity contribution in [3.63, 3.8) is 0 Å². The highest BCUT2D eigenvalue weighted by atomic mass is 35.5. The smallest absolute Gasteiger partial charge is 0.322 e. The van der Waals surface area contributed by atoms with E-state index in [1.165, 1.54) is 0 Å². The Morgan fingerprint density at radius 2 is 1.30 bits per heavy atom. The first-order valence-corrected chi connectivity index (χ1v) is 3.58. The second-order valence-corrected chi connectivity index (χ2v) is 2.61. The third-order valence-corrected chi connectivity index (χ3v) is 0. The molecule has 0 aliphatic heterocycles.